The Morgan fingerprint density at radius 2 is 1.77 bits per heavy atom. The maximum atomic E-state index is 13.8. The molecular formula is C24H31F2N3O5S. The lowest BCUT2D eigenvalue weighted by molar-refractivity contribution is -0.139. The Hall–Kier alpha value is -3.21. The third-order valence-corrected chi connectivity index (χ3v) is 6.67. The molecule has 2 aromatic rings. The van der Waals surface area contributed by atoms with E-state index in [4.69, 9.17) is 4.74 Å². The molecule has 0 aliphatic rings. The average Bonchev–Trinajstić information content (AvgIpc) is 2.81. The van der Waals surface area contributed by atoms with Gasteiger partial charge in [-0.15, -0.1) is 0 Å². The number of amides is 2. The summed E-state index contributed by atoms with van der Waals surface area (Å²) in [7, 11) is -2.56. The maximum absolute atomic E-state index is 13.8. The van der Waals surface area contributed by atoms with Crippen molar-refractivity contribution in [1.29, 1.82) is 0 Å². The van der Waals surface area contributed by atoms with Crippen LogP contribution in [0, 0.1) is 11.6 Å². The van der Waals surface area contributed by atoms with Crippen LogP contribution in [0.5, 0.6) is 5.75 Å². The predicted octanol–water partition coefficient (Wildman–Crippen LogP) is 3.07. The molecule has 0 spiro atoms. The van der Waals surface area contributed by atoms with Gasteiger partial charge in [0.1, 0.15) is 18.3 Å². The number of carbonyl (C=O) groups excluding carboxylic acids is 2. The number of benzene rings is 2. The number of nitrogens with zero attached hydrogens (tertiary/aromatic N) is 2. The lowest BCUT2D eigenvalue weighted by atomic mass is 10.1. The zero-order valence-corrected chi connectivity index (χ0v) is 21.2. The molecule has 11 heteroatoms. The van der Waals surface area contributed by atoms with Crippen LogP contribution in [0.1, 0.15) is 32.8 Å². The number of nitrogens with one attached hydrogen (secondary N) is 1. The first-order valence-corrected chi connectivity index (χ1v) is 12.9. The second-order valence-corrected chi connectivity index (χ2v) is 10.1. The van der Waals surface area contributed by atoms with Crippen LogP contribution in [0.15, 0.2) is 42.5 Å². The quantitative estimate of drug-likeness (QED) is 0.500. The fourth-order valence-electron chi connectivity index (χ4n) is 3.27. The minimum absolute atomic E-state index is 0.0134. The smallest absolute Gasteiger partial charge is 0.244 e. The van der Waals surface area contributed by atoms with Gasteiger partial charge < -0.3 is 15.0 Å². The molecule has 0 saturated carbocycles. The van der Waals surface area contributed by atoms with Gasteiger partial charge in [-0.05, 0) is 50.1 Å². The van der Waals surface area contributed by atoms with Crippen LogP contribution in [0.2, 0.25) is 0 Å². The summed E-state index contributed by atoms with van der Waals surface area (Å²) in [5.41, 5.74) is 0.442. The molecule has 2 aromatic carbocycles. The van der Waals surface area contributed by atoms with Crippen molar-refractivity contribution in [2.45, 2.75) is 45.8 Å². The van der Waals surface area contributed by atoms with Gasteiger partial charge in [0.15, 0.2) is 11.6 Å². The summed E-state index contributed by atoms with van der Waals surface area (Å²) in [6.07, 6.45) is 1.54. The van der Waals surface area contributed by atoms with Gasteiger partial charge in [0.05, 0.1) is 19.1 Å². The molecule has 8 nitrogen and oxygen atoms in total. The largest absolute Gasteiger partial charge is 0.497 e. The van der Waals surface area contributed by atoms with Gasteiger partial charge in [-0.3, -0.25) is 13.9 Å². The van der Waals surface area contributed by atoms with Crippen LogP contribution >= 0.6 is 0 Å². The van der Waals surface area contributed by atoms with E-state index in [0.717, 1.165) is 18.4 Å². The highest BCUT2D eigenvalue weighted by Crippen LogP contribution is 2.22. The molecule has 0 saturated heterocycles. The van der Waals surface area contributed by atoms with Gasteiger partial charge in [-0.25, -0.2) is 17.2 Å². The molecule has 0 bridgehead atoms. The monoisotopic (exact) mass is 511 g/mol. The van der Waals surface area contributed by atoms with Crippen molar-refractivity contribution < 1.29 is 31.5 Å². The molecule has 0 radical (unpaired) electrons. The van der Waals surface area contributed by atoms with Crippen molar-refractivity contribution in [3.05, 3.63) is 59.7 Å². The van der Waals surface area contributed by atoms with Crippen molar-refractivity contribution in [2.75, 3.05) is 24.2 Å². The second kappa shape index (κ2) is 12.0. The van der Waals surface area contributed by atoms with Gasteiger partial charge in [0.25, 0.3) is 0 Å². The van der Waals surface area contributed by atoms with Crippen LogP contribution in [-0.4, -0.2) is 57.1 Å². The molecule has 2 atom stereocenters. The van der Waals surface area contributed by atoms with E-state index < -0.39 is 46.1 Å². The fourth-order valence-corrected chi connectivity index (χ4v) is 4.11. The molecule has 0 aliphatic heterocycles. The van der Waals surface area contributed by atoms with E-state index in [1.165, 1.54) is 18.9 Å². The van der Waals surface area contributed by atoms with Gasteiger partial charge >= 0.3 is 0 Å². The summed E-state index contributed by atoms with van der Waals surface area (Å²) in [4.78, 5) is 27.5. The van der Waals surface area contributed by atoms with Gasteiger partial charge in [-0.1, -0.05) is 19.1 Å². The first-order chi connectivity index (χ1) is 16.4. The van der Waals surface area contributed by atoms with E-state index in [1.807, 2.05) is 13.8 Å². The zero-order valence-electron chi connectivity index (χ0n) is 20.4. The van der Waals surface area contributed by atoms with Crippen LogP contribution in [0.3, 0.4) is 0 Å². The van der Waals surface area contributed by atoms with E-state index in [1.54, 1.807) is 24.3 Å². The second-order valence-electron chi connectivity index (χ2n) is 8.24. The number of methoxy groups -OCH3 is 1. The van der Waals surface area contributed by atoms with E-state index in [0.29, 0.717) is 28.1 Å². The molecule has 35 heavy (non-hydrogen) atoms. The van der Waals surface area contributed by atoms with Crippen LogP contribution < -0.4 is 14.4 Å². The first kappa shape index (κ1) is 28.0. The Morgan fingerprint density at radius 1 is 1.09 bits per heavy atom. The summed E-state index contributed by atoms with van der Waals surface area (Å²) in [5, 5.41) is 2.82. The van der Waals surface area contributed by atoms with Crippen molar-refractivity contribution in [3.8, 4) is 5.75 Å². The number of hydrogen-bond donors (Lipinski definition) is 1. The lowest BCUT2D eigenvalue weighted by Crippen LogP contribution is -2.52. The van der Waals surface area contributed by atoms with E-state index in [2.05, 4.69) is 5.32 Å². The Bertz CT molecular complexity index is 1160. The summed E-state index contributed by atoms with van der Waals surface area (Å²) in [5.74, 6) is -2.96. The normalized spacial score (nSPS) is 13.0. The molecule has 0 unspecified atom stereocenters. The number of carbonyl (C=O) groups is 2. The standard InChI is InChI=1S/C24H31F2N3O5S/c1-6-16(2)27-24(31)17(3)28(14-18-8-7-9-20(12-18)34-4)23(30)15-29(35(5,32)33)19-10-11-21(25)22(26)13-19/h7-13,16-17H,6,14-15H2,1-5H3,(H,27,31)/t16-,17-/m1/s1. The lowest BCUT2D eigenvalue weighted by Gasteiger charge is -2.32. The number of sulfonamides is 1. The first-order valence-electron chi connectivity index (χ1n) is 11.0. The van der Waals surface area contributed by atoms with Crippen molar-refractivity contribution in [1.82, 2.24) is 10.2 Å². The molecule has 192 valence electrons. The van der Waals surface area contributed by atoms with E-state index >= 15 is 0 Å². The molecule has 1 N–H and O–H groups in total. The van der Waals surface area contributed by atoms with E-state index in [-0.39, 0.29) is 18.3 Å². The molecule has 0 aliphatic carbocycles. The van der Waals surface area contributed by atoms with Crippen LogP contribution in [0.25, 0.3) is 0 Å². The Labute approximate surface area is 204 Å². The fraction of sp³-hybridized carbons (Fsp3) is 0.417. The molecule has 0 aromatic heterocycles. The molecule has 0 heterocycles. The van der Waals surface area contributed by atoms with Crippen molar-refractivity contribution >= 4 is 27.5 Å². The Morgan fingerprint density at radius 3 is 2.34 bits per heavy atom. The number of halogens is 2. The Kier molecular flexibility index (Phi) is 9.58. The summed E-state index contributed by atoms with van der Waals surface area (Å²) in [6, 6.07) is 8.36. The van der Waals surface area contributed by atoms with Crippen molar-refractivity contribution in [3.63, 3.8) is 0 Å². The van der Waals surface area contributed by atoms with Crippen molar-refractivity contribution in [2.24, 2.45) is 0 Å². The topological polar surface area (TPSA) is 96.0 Å². The average molecular weight is 512 g/mol. The molecule has 2 amide bonds. The predicted molar refractivity (Wildman–Crippen MR) is 129 cm³/mol. The minimum atomic E-state index is -4.05. The highest BCUT2D eigenvalue weighted by atomic mass is 32.2. The Balaban J connectivity index is 2.42. The number of anilines is 1. The summed E-state index contributed by atoms with van der Waals surface area (Å²) in [6.45, 7) is 4.54. The van der Waals surface area contributed by atoms with Crippen LogP contribution in [0.4, 0.5) is 14.5 Å². The number of ether oxygens (including phenoxy) is 1. The number of hydrogen-bond acceptors (Lipinski definition) is 5. The molecule has 0 fully saturated rings. The SMILES string of the molecule is CC[C@@H](C)NC(=O)[C@@H](C)N(Cc1cccc(OC)c1)C(=O)CN(c1ccc(F)c(F)c1)S(C)(=O)=O. The number of rotatable bonds is 11. The van der Waals surface area contributed by atoms with E-state index in [9.17, 15) is 26.8 Å². The van der Waals surface area contributed by atoms with Gasteiger partial charge in [0.2, 0.25) is 21.8 Å². The molecular weight excluding hydrogens is 480 g/mol. The molecule has 2 rings (SSSR count). The van der Waals surface area contributed by atoms with Gasteiger partial charge in [-0.2, -0.15) is 0 Å². The van der Waals surface area contributed by atoms with Gasteiger partial charge in [0, 0.05) is 18.7 Å². The maximum Gasteiger partial charge on any atom is 0.244 e. The summed E-state index contributed by atoms with van der Waals surface area (Å²) >= 11 is 0. The zero-order chi connectivity index (χ0) is 26.3. The van der Waals surface area contributed by atoms with Crippen LogP contribution in [-0.2, 0) is 26.2 Å². The third kappa shape index (κ3) is 7.64. The summed E-state index contributed by atoms with van der Waals surface area (Å²) < 4.78 is 58.0. The highest BCUT2D eigenvalue weighted by Gasteiger charge is 2.30. The highest BCUT2D eigenvalue weighted by molar-refractivity contribution is 7.92. The minimum Gasteiger partial charge on any atom is -0.497 e. The third-order valence-electron chi connectivity index (χ3n) is 5.53.